The van der Waals surface area contributed by atoms with E-state index >= 15 is 0 Å². The summed E-state index contributed by atoms with van der Waals surface area (Å²) >= 11 is 0. The second kappa shape index (κ2) is 17.5. The standard InChI is InChI=1S/C29H40N2O3/c1-3-5-14-25-15-17-26(18-16-25)30-31-27-19-21-28(22-20-27)33-23-12-10-8-6-7-9-11-13-24-34-29(32)4-2/h4,15-22H,2-3,5-14,23-24H2,1H3. The van der Waals surface area contributed by atoms with E-state index in [1.165, 1.54) is 56.6 Å². The predicted molar refractivity (Wildman–Crippen MR) is 139 cm³/mol. The highest BCUT2D eigenvalue weighted by Gasteiger charge is 1.98. The number of benzene rings is 2. The van der Waals surface area contributed by atoms with E-state index in [9.17, 15) is 4.79 Å². The normalized spacial score (nSPS) is 11.0. The zero-order valence-electron chi connectivity index (χ0n) is 20.7. The number of aryl methyl sites for hydroxylation is 1. The summed E-state index contributed by atoms with van der Waals surface area (Å²) in [6.45, 7) is 6.83. The Bertz CT molecular complexity index is 845. The summed E-state index contributed by atoms with van der Waals surface area (Å²) in [6, 6.07) is 16.1. The van der Waals surface area contributed by atoms with Gasteiger partial charge in [0.25, 0.3) is 0 Å². The van der Waals surface area contributed by atoms with Crippen LogP contribution in [0.2, 0.25) is 0 Å². The van der Waals surface area contributed by atoms with Crippen molar-refractivity contribution in [2.75, 3.05) is 13.2 Å². The SMILES string of the molecule is C=CC(=O)OCCCCCCCCCCOc1ccc(N=Nc2ccc(CCCC)cc2)cc1. The van der Waals surface area contributed by atoms with Gasteiger partial charge >= 0.3 is 5.97 Å². The first-order valence-electron chi connectivity index (χ1n) is 12.7. The topological polar surface area (TPSA) is 60.2 Å². The Morgan fingerprint density at radius 3 is 1.85 bits per heavy atom. The van der Waals surface area contributed by atoms with Crippen molar-refractivity contribution in [3.8, 4) is 5.75 Å². The molecule has 184 valence electrons. The van der Waals surface area contributed by atoms with Crippen LogP contribution in [0.1, 0.15) is 76.7 Å². The van der Waals surface area contributed by atoms with Gasteiger partial charge < -0.3 is 9.47 Å². The zero-order chi connectivity index (χ0) is 24.3. The van der Waals surface area contributed by atoms with Crippen LogP contribution in [0, 0.1) is 0 Å². The van der Waals surface area contributed by atoms with Gasteiger partial charge in [0.05, 0.1) is 24.6 Å². The molecule has 5 nitrogen and oxygen atoms in total. The summed E-state index contributed by atoms with van der Waals surface area (Å²) in [7, 11) is 0. The quantitative estimate of drug-likeness (QED) is 0.0959. The Hall–Kier alpha value is -2.95. The number of hydrogen-bond acceptors (Lipinski definition) is 5. The number of carbonyl (C=O) groups is 1. The largest absolute Gasteiger partial charge is 0.494 e. The second-order valence-corrected chi connectivity index (χ2v) is 8.51. The zero-order valence-corrected chi connectivity index (χ0v) is 20.7. The first-order chi connectivity index (χ1) is 16.7. The lowest BCUT2D eigenvalue weighted by atomic mass is 10.1. The summed E-state index contributed by atoms with van der Waals surface area (Å²) in [6.07, 6.45) is 13.9. The molecule has 0 atom stereocenters. The van der Waals surface area contributed by atoms with E-state index in [0.29, 0.717) is 6.61 Å². The first kappa shape index (κ1) is 27.3. The van der Waals surface area contributed by atoms with Gasteiger partial charge in [-0.05, 0) is 67.6 Å². The van der Waals surface area contributed by atoms with Gasteiger partial charge in [-0.1, -0.05) is 70.6 Å². The summed E-state index contributed by atoms with van der Waals surface area (Å²) < 4.78 is 10.8. The molecular weight excluding hydrogens is 424 g/mol. The molecule has 2 rings (SSSR count). The number of unbranched alkanes of at least 4 members (excludes halogenated alkanes) is 8. The van der Waals surface area contributed by atoms with Crippen molar-refractivity contribution < 1.29 is 14.3 Å². The van der Waals surface area contributed by atoms with Crippen LogP contribution in [-0.2, 0) is 16.0 Å². The van der Waals surface area contributed by atoms with Gasteiger partial charge in [0, 0.05) is 6.08 Å². The van der Waals surface area contributed by atoms with Crippen LogP contribution in [0.4, 0.5) is 11.4 Å². The predicted octanol–water partition coefficient (Wildman–Crippen LogP) is 8.67. The molecule has 0 heterocycles. The third kappa shape index (κ3) is 12.3. The van der Waals surface area contributed by atoms with Crippen molar-refractivity contribution in [1.29, 1.82) is 0 Å². The van der Waals surface area contributed by atoms with Gasteiger partial charge in [-0.3, -0.25) is 0 Å². The minimum atomic E-state index is -0.331. The Labute approximate surface area is 205 Å². The molecule has 34 heavy (non-hydrogen) atoms. The van der Waals surface area contributed by atoms with Crippen molar-refractivity contribution in [1.82, 2.24) is 0 Å². The Balaban J connectivity index is 1.51. The minimum absolute atomic E-state index is 0.331. The van der Waals surface area contributed by atoms with Crippen LogP contribution in [0.5, 0.6) is 5.75 Å². The molecule has 0 amide bonds. The highest BCUT2D eigenvalue weighted by Crippen LogP contribution is 2.22. The van der Waals surface area contributed by atoms with E-state index in [-0.39, 0.29) is 5.97 Å². The molecule has 0 spiro atoms. The van der Waals surface area contributed by atoms with Crippen molar-refractivity contribution in [2.24, 2.45) is 10.2 Å². The third-order valence-electron chi connectivity index (χ3n) is 5.59. The molecule has 2 aromatic carbocycles. The van der Waals surface area contributed by atoms with Gasteiger partial charge in [0.15, 0.2) is 0 Å². The van der Waals surface area contributed by atoms with Gasteiger partial charge in [0.1, 0.15) is 5.75 Å². The number of carbonyl (C=O) groups excluding carboxylic acids is 1. The Morgan fingerprint density at radius 1 is 0.765 bits per heavy atom. The fourth-order valence-corrected chi connectivity index (χ4v) is 3.52. The van der Waals surface area contributed by atoms with Crippen molar-refractivity contribution in [2.45, 2.75) is 77.6 Å². The van der Waals surface area contributed by atoms with Crippen LogP contribution < -0.4 is 4.74 Å². The molecule has 0 aromatic heterocycles. The third-order valence-corrected chi connectivity index (χ3v) is 5.59. The van der Waals surface area contributed by atoms with Gasteiger partial charge in [-0.25, -0.2) is 4.79 Å². The molecule has 0 bridgehead atoms. The number of ether oxygens (including phenoxy) is 2. The van der Waals surface area contributed by atoms with E-state index in [1.807, 2.05) is 36.4 Å². The van der Waals surface area contributed by atoms with Crippen molar-refractivity contribution in [3.63, 3.8) is 0 Å². The average molecular weight is 465 g/mol. The lowest BCUT2D eigenvalue weighted by Crippen LogP contribution is -2.01. The van der Waals surface area contributed by atoms with Crippen molar-refractivity contribution in [3.05, 3.63) is 66.7 Å². The molecule has 0 saturated carbocycles. The van der Waals surface area contributed by atoms with Crippen LogP contribution >= 0.6 is 0 Å². The summed E-state index contributed by atoms with van der Waals surface area (Å²) in [5.74, 6) is 0.541. The number of nitrogens with zero attached hydrogens (tertiary/aromatic N) is 2. The average Bonchev–Trinajstić information content (AvgIpc) is 2.88. The molecule has 0 unspecified atom stereocenters. The Morgan fingerprint density at radius 2 is 1.29 bits per heavy atom. The number of azo groups is 1. The highest BCUT2D eigenvalue weighted by atomic mass is 16.5. The summed E-state index contributed by atoms with van der Waals surface area (Å²) in [5, 5.41) is 8.66. The highest BCUT2D eigenvalue weighted by molar-refractivity contribution is 5.81. The van der Waals surface area contributed by atoms with Gasteiger partial charge in [0.2, 0.25) is 0 Å². The fourth-order valence-electron chi connectivity index (χ4n) is 3.52. The molecule has 0 fully saturated rings. The summed E-state index contributed by atoms with van der Waals surface area (Å²) in [5.41, 5.74) is 3.04. The van der Waals surface area contributed by atoms with Crippen LogP contribution in [-0.4, -0.2) is 19.2 Å². The van der Waals surface area contributed by atoms with Crippen molar-refractivity contribution >= 4 is 17.3 Å². The van der Waals surface area contributed by atoms with Crippen LogP contribution in [0.15, 0.2) is 71.4 Å². The molecular formula is C29H40N2O3. The number of esters is 1. The van der Waals surface area contributed by atoms with E-state index < -0.39 is 0 Å². The number of hydrogen-bond donors (Lipinski definition) is 0. The molecule has 5 heteroatoms. The molecule has 0 aliphatic rings. The molecule has 0 aliphatic heterocycles. The maximum absolute atomic E-state index is 10.9. The molecule has 2 aromatic rings. The molecule has 0 saturated heterocycles. The lowest BCUT2D eigenvalue weighted by molar-refractivity contribution is -0.137. The minimum Gasteiger partial charge on any atom is -0.494 e. The first-order valence-corrected chi connectivity index (χ1v) is 12.7. The lowest BCUT2D eigenvalue weighted by Gasteiger charge is -2.06. The van der Waals surface area contributed by atoms with Crippen LogP contribution in [0.3, 0.4) is 0 Å². The maximum Gasteiger partial charge on any atom is 0.330 e. The summed E-state index contributed by atoms with van der Waals surface area (Å²) in [4.78, 5) is 10.9. The molecule has 0 N–H and O–H groups in total. The Kier molecular flexibility index (Phi) is 14.1. The van der Waals surface area contributed by atoms with Crippen LogP contribution in [0.25, 0.3) is 0 Å². The monoisotopic (exact) mass is 464 g/mol. The number of rotatable bonds is 18. The van der Waals surface area contributed by atoms with E-state index in [0.717, 1.165) is 49.4 Å². The van der Waals surface area contributed by atoms with E-state index in [2.05, 4.69) is 35.9 Å². The molecule has 0 radical (unpaired) electrons. The maximum atomic E-state index is 10.9. The van der Waals surface area contributed by atoms with E-state index in [1.54, 1.807) is 0 Å². The van der Waals surface area contributed by atoms with E-state index in [4.69, 9.17) is 9.47 Å². The second-order valence-electron chi connectivity index (χ2n) is 8.51. The fraction of sp³-hybridized carbons (Fsp3) is 0.483. The van der Waals surface area contributed by atoms with Gasteiger partial charge in [-0.15, -0.1) is 0 Å². The smallest absolute Gasteiger partial charge is 0.330 e. The molecule has 0 aliphatic carbocycles. The van der Waals surface area contributed by atoms with Gasteiger partial charge in [-0.2, -0.15) is 10.2 Å².